The van der Waals surface area contributed by atoms with Crippen LogP contribution >= 0.6 is 0 Å². The summed E-state index contributed by atoms with van der Waals surface area (Å²) in [6.07, 6.45) is 7.02. The van der Waals surface area contributed by atoms with Crippen LogP contribution in [0.15, 0.2) is 12.7 Å². The van der Waals surface area contributed by atoms with E-state index < -0.39 is 5.54 Å². The zero-order valence-corrected chi connectivity index (χ0v) is 10.4. The molecule has 0 aromatic rings. The monoisotopic (exact) mass is 238 g/mol. The Balaban J connectivity index is 2.08. The van der Waals surface area contributed by atoms with E-state index in [1.165, 1.54) is 12.8 Å². The van der Waals surface area contributed by atoms with Gasteiger partial charge < -0.3 is 15.4 Å². The second-order valence-electron chi connectivity index (χ2n) is 5.14. The topological polar surface area (TPSA) is 55.6 Å². The Morgan fingerprint density at radius 3 is 2.76 bits per heavy atom. The highest BCUT2D eigenvalue weighted by atomic mass is 16.5. The third kappa shape index (κ3) is 2.53. The zero-order chi connectivity index (χ0) is 12.3. The molecule has 0 radical (unpaired) electrons. The van der Waals surface area contributed by atoms with E-state index in [1.54, 1.807) is 6.08 Å². The van der Waals surface area contributed by atoms with Crippen LogP contribution in [0.25, 0.3) is 0 Å². The molecule has 2 fully saturated rings. The van der Waals surface area contributed by atoms with Crippen molar-refractivity contribution in [1.82, 2.24) is 4.90 Å². The first kappa shape index (κ1) is 12.6. The summed E-state index contributed by atoms with van der Waals surface area (Å²) in [7, 11) is 0. The minimum Gasteiger partial charge on any atom is -0.379 e. The van der Waals surface area contributed by atoms with Gasteiger partial charge in [-0.05, 0) is 19.3 Å². The normalized spacial score (nSPS) is 29.5. The highest BCUT2D eigenvalue weighted by molar-refractivity contribution is 5.87. The molecule has 1 aliphatic heterocycles. The van der Waals surface area contributed by atoms with Gasteiger partial charge in [-0.15, -0.1) is 6.58 Å². The number of nitrogens with zero attached hydrogens (tertiary/aromatic N) is 1. The van der Waals surface area contributed by atoms with Crippen LogP contribution in [0.4, 0.5) is 0 Å². The minimum absolute atomic E-state index is 0.0433. The molecular formula is C13H22N2O2. The second kappa shape index (κ2) is 5.19. The third-order valence-electron chi connectivity index (χ3n) is 3.83. The molecule has 1 aliphatic carbocycles. The van der Waals surface area contributed by atoms with E-state index >= 15 is 0 Å². The minimum atomic E-state index is -0.800. The standard InChI is InChI=1S/C13H22N2O2/c1-2-8-15(11-5-3-4-6-11)12(16)13(14)7-9-17-10-13/h2,11H,1,3-10,14H2. The number of nitrogens with two attached hydrogens (primary N) is 1. The third-order valence-corrected chi connectivity index (χ3v) is 3.83. The van der Waals surface area contributed by atoms with E-state index in [2.05, 4.69) is 6.58 Å². The van der Waals surface area contributed by atoms with Gasteiger partial charge in [-0.3, -0.25) is 4.79 Å². The number of carbonyl (C=O) groups excluding carboxylic acids is 1. The summed E-state index contributed by atoms with van der Waals surface area (Å²) in [6, 6.07) is 0.349. The van der Waals surface area contributed by atoms with Crippen LogP contribution < -0.4 is 5.73 Å². The molecule has 2 N–H and O–H groups in total. The Kier molecular flexibility index (Phi) is 3.84. The highest BCUT2D eigenvalue weighted by Crippen LogP contribution is 2.27. The molecule has 1 heterocycles. The van der Waals surface area contributed by atoms with Gasteiger partial charge in [0.1, 0.15) is 5.54 Å². The van der Waals surface area contributed by atoms with Gasteiger partial charge in [-0.25, -0.2) is 0 Å². The van der Waals surface area contributed by atoms with Crippen molar-refractivity contribution < 1.29 is 9.53 Å². The van der Waals surface area contributed by atoms with E-state index in [9.17, 15) is 4.79 Å². The molecule has 1 saturated heterocycles. The summed E-state index contributed by atoms with van der Waals surface area (Å²) < 4.78 is 5.27. The van der Waals surface area contributed by atoms with Gasteiger partial charge in [0, 0.05) is 19.2 Å². The molecule has 0 aromatic heterocycles. The van der Waals surface area contributed by atoms with Crippen molar-refractivity contribution in [1.29, 1.82) is 0 Å². The Hall–Kier alpha value is -0.870. The fourth-order valence-electron chi connectivity index (χ4n) is 2.79. The lowest BCUT2D eigenvalue weighted by atomic mass is 9.97. The molecule has 2 rings (SSSR count). The summed E-state index contributed by atoms with van der Waals surface area (Å²) in [5.41, 5.74) is 5.35. The molecule has 0 spiro atoms. The molecule has 2 aliphatic rings. The maximum atomic E-state index is 12.5. The van der Waals surface area contributed by atoms with Crippen LogP contribution in [0.5, 0.6) is 0 Å². The van der Waals surface area contributed by atoms with E-state index in [4.69, 9.17) is 10.5 Å². The Morgan fingerprint density at radius 1 is 1.53 bits per heavy atom. The van der Waals surface area contributed by atoms with Gasteiger partial charge >= 0.3 is 0 Å². The molecule has 1 atom stereocenters. The van der Waals surface area contributed by atoms with Crippen LogP contribution in [0, 0.1) is 0 Å². The SMILES string of the molecule is C=CCN(C(=O)C1(N)CCOC1)C1CCCC1. The quantitative estimate of drug-likeness (QED) is 0.745. The Bertz CT molecular complexity index is 292. The van der Waals surface area contributed by atoms with Crippen molar-refractivity contribution in [3.63, 3.8) is 0 Å². The molecule has 96 valence electrons. The first-order valence-corrected chi connectivity index (χ1v) is 6.46. The first-order chi connectivity index (χ1) is 8.17. The molecule has 4 nitrogen and oxygen atoms in total. The number of ether oxygens (including phenoxy) is 1. The molecule has 1 amide bonds. The van der Waals surface area contributed by atoms with Crippen molar-refractivity contribution in [3.8, 4) is 0 Å². The van der Waals surface area contributed by atoms with Crippen molar-refractivity contribution in [2.75, 3.05) is 19.8 Å². The predicted molar refractivity (Wildman–Crippen MR) is 66.5 cm³/mol. The van der Waals surface area contributed by atoms with Crippen molar-refractivity contribution in [2.45, 2.75) is 43.7 Å². The highest BCUT2D eigenvalue weighted by Gasteiger charge is 2.42. The smallest absolute Gasteiger partial charge is 0.245 e. The van der Waals surface area contributed by atoms with Crippen molar-refractivity contribution >= 4 is 5.91 Å². The number of carbonyl (C=O) groups is 1. The van der Waals surface area contributed by atoms with Crippen LogP contribution in [-0.2, 0) is 9.53 Å². The summed E-state index contributed by atoms with van der Waals surface area (Å²) >= 11 is 0. The number of hydrogen-bond donors (Lipinski definition) is 1. The van der Waals surface area contributed by atoms with Gasteiger partial charge in [-0.1, -0.05) is 18.9 Å². The largest absolute Gasteiger partial charge is 0.379 e. The van der Waals surface area contributed by atoms with Gasteiger partial charge in [0.25, 0.3) is 0 Å². The lowest BCUT2D eigenvalue weighted by Gasteiger charge is -2.34. The predicted octanol–water partition coefficient (Wildman–Crippen LogP) is 1.06. The van der Waals surface area contributed by atoms with E-state index in [-0.39, 0.29) is 5.91 Å². The molecule has 4 heteroatoms. The van der Waals surface area contributed by atoms with Gasteiger partial charge in [0.05, 0.1) is 6.61 Å². The molecule has 1 unspecified atom stereocenters. The fourth-order valence-corrected chi connectivity index (χ4v) is 2.79. The number of hydrogen-bond acceptors (Lipinski definition) is 3. The van der Waals surface area contributed by atoms with Crippen molar-refractivity contribution in [3.05, 3.63) is 12.7 Å². The first-order valence-electron chi connectivity index (χ1n) is 6.46. The maximum absolute atomic E-state index is 12.5. The molecular weight excluding hydrogens is 216 g/mol. The summed E-state index contributed by atoms with van der Waals surface area (Å²) in [5, 5.41) is 0. The van der Waals surface area contributed by atoms with Crippen molar-refractivity contribution in [2.24, 2.45) is 5.73 Å². The van der Waals surface area contributed by atoms with E-state index in [0.29, 0.717) is 32.2 Å². The fraction of sp³-hybridized carbons (Fsp3) is 0.769. The number of rotatable bonds is 4. The zero-order valence-electron chi connectivity index (χ0n) is 10.4. The molecule has 0 aromatic carbocycles. The lowest BCUT2D eigenvalue weighted by Crippen LogP contribution is -2.58. The van der Waals surface area contributed by atoms with Crippen LogP contribution in [-0.4, -0.2) is 42.1 Å². The maximum Gasteiger partial charge on any atom is 0.245 e. The van der Waals surface area contributed by atoms with E-state index in [1.807, 2.05) is 4.90 Å². The molecule has 17 heavy (non-hydrogen) atoms. The summed E-state index contributed by atoms with van der Waals surface area (Å²) in [5.74, 6) is 0.0433. The Morgan fingerprint density at radius 2 is 2.24 bits per heavy atom. The van der Waals surface area contributed by atoms with Crippen LogP contribution in [0.1, 0.15) is 32.1 Å². The van der Waals surface area contributed by atoms with Gasteiger partial charge in [-0.2, -0.15) is 0 Å². The average Bonchev–Trinajstić information content (AvgIpc) is 2.96. The Labute approximate surface area is 103 Å². The molecule has 0 bridgehead atoms. The lowest BCUT2D eigenvalue weighted by molar-refractivity contribution is -0.138. The van der Waals surface area contributed by atoms with Gasteiger partial charge in [0.15, 0.2) is 0 Å². The second-order valence-corrected chi connectivity index (χ2v) is 5.14. The summed E-state index contributed by atoms with van der Waals surface area (Å²) in [6.45, 7) is 5.28. The number of amides is 1. The molecule has 1 saturated carbocycles. The summed E-state index contributed by atoms with van der Waals surface area (Å²) in [4.78, 5) is 14.4. The van der Waals surface area contributed by atoms with Crippen LogP contribution in [0.2, 0.25) is 0 Å². The van der Waals surface area contributed by atoms with Gasteiger partial charge in [0.2, 0.25) is 5.91 Å². The van der Waals surface area contributed by atoms with Crippen LogP contribution in [0.3, 0.4) is 0 Å². The average molecular weight is 238 g/mol. The van der Waals surface area contributed by atoms with E-state index in [0.717, 1.165) is 12.8 Å².